The van der Waals surface area contributed by atoms with Crippen molar-refractivity contribution in [2.75, 3.05) is 19.6 Å². The molecule has 48 heavy (non-hydrogen) atoms. The molecule has 0 fully saturated rings. The van der Waals surface area contributed by atoms with Crippen LogP contribution in [-0.4, -0.2) is 76.6 Å². The van der Waals surface area contributed by atoms with Gasteiger partial charge >= 0.3 is 24.0 Å². The van der Waals surface area contributed by atoms with Crippen molar-refractivity contribution in [1.82, 2.24) is 26.4 Å². The zero-order valence-corrected chi connectivity index (χ0v) is 27.6. The number of hydrazine groups is 1. The molecule has 16 nitrogen and oxygen atoms in total. The SMILES string of the molecule is CC(C)(C)OC(=O)NCCN(CC(=O)NC(Cc1ccc2ccccc2c1)C(=O)NNC(=O)c1ccc([N+](=O)[O-])o1)C(=O)OC(C)(C)C. The van der Waals surface area contributed by atoms with Crippen molar-refractivity contribution in [3.8, 4) is 0 Å². The number of amides is 5. The maximum Gasteiger partial charge on any atom is 0.433 e. The van der Waals surface area contributed by atoms with E-state index in [0.29, 0.717) is 5.56 Å². The fraction of sp³-hybridized carbons (Fsp3) is 0.406. The van der Waals surface area contributed by atoms with Gasteiger partial charge in [0, 0.05) is 19.5 Å². The van der Waals surface area contributed by atoms with Gasteiger partial charge in [0.1, 0.15) is 28.7 Å². The molecule has 0 aliphatic rings. The summed E-state index contributed by atoms with van der Waals surface area (Å²) in [5.41, 5.74) is 3.36. The number of hydrogen-bond donors (Lipinski definition) is 4. The lowest BCUT2D eigenvalue weighted by Crippen LogP contribution is -2.55. The minimum Gasteiger partial charge on any atom is -0.444 e. The standard InChI is InChI=1S/C32H40N6O10/c1-31(2,3)47-29(42)33-15-16-37(30(43)48-32(4,5)6)19-25(39)34-23(18-20-11-12-21-9-7-8-10-22(21)17-20)27(40)35-36-28(41)24-13-14-26(46-24)38(44)45/h7-14,17,23H,15-16,18-19H2,1-6H3,(H,33,42)(H,34,39)(H,35,40)(H,36,41). The second-order valence-corrected chi connectivity index (χ2v) is 12.7. The second kappa shape index (κ2) is 15.8. The van der Waals surface area contributed by atoms with E-state index < -0.39 is 70.3 Å². The van der Waals surface area contributed by atoms with Crippen LogP contribution in [0.1, 0.15) is 57.7 Å². The number of nitrogens with zero attached hydrogens (tertiary/aromatic N) is 2. The number of furan rings is 1. The molecule has 0 radical (unpaired) electrons. The number of nitrogens with one attached hydrogen (secondary N) is 4. The molecule has 0 spiro atoms. The maximum absolute atomic E-state index is 13.3. The number of ether oxygens (including phenoxy) is 2. The predicted molar refractivity (Wildman–Crippen MR) is 173 cm³/mol. The Bertz CT molecular complexity index is 1660. The van der Waals surface area contributed by atoms with Crippen molar-refractivity contribution < 1.29 is 42.8 Å². The van der Waals surface area contributed by atoms with Gasteiger partial charge in [0.25, 0.3) is 5.91 Å². The molecule has 4 N–H and O–H groups in total. The quantitative estimate of drug-likeness (QED) is 0.172. The van der Waals surface area contributed by atoms with Gasteiger partial charge in [-0.3, -0.25) is 40.2 Å². The van der Waals surface area contributed by atoms with Crippen molar-refractivity contribution in [2.45, 2.75) is 65.2 Å². The monoisotopic (exact) mass is 668 g/mol. The molecule has 3 rings (SSSR count). The molecule has 1 unspecified atom stereocenters. The van der Waals surface area contributed by atoms with E-state index in [1.54, 1.807) is 47.6 Å². The first-order chi connectivity index (χ1) is 22.4. The number of benzene rings is 2. The van der Waals surface area contributed by atoms with E-state index in [0.717, 1.165) is 27.8 Å². The summed E-state index contributed by atoms with van der Waals surface area (Å²) in [6.45, 7) is 9.31. The van der Waals surface area contributed by atoms with E-state index in [-0.39, 0.29) is 19.5 Å². The van der Waals surface area contributed by atoms with Gasteiger partial charge in [-0.05, 0) is 63.9 Å². The van der Waals surface area contributed by atoms with E-state index in [2.05, 4.69) is 21.5 Å². The topological polar surface area (TPSA) is 211 Å². The average Bonchev–Trinajstić information content (AvgIpc) is 3.48. The molecular formula is C32H40N6O10. The van der Waals surface area contributed by atoms with Gasteiger partial charge in [0.05, 0.1) is 6.07 Å². The summed E-state index contributed by atoms with van der Waals surface area (Å²) in [6, 6.07) is 13.8. The van der Waals surface area contributed by atoms with Gasteiger partial charge in [-0.25, -0.2) is 9.59 Å². The number of fused-ring (bicyclic) bond motifs is 1. The lowest BCUT2D eigenvalue weighted by Gasteiger charge is -2.28. The first kappa shape index (κ1) is 36.8. The third-order valence-corrected chi connectivity index (χ3v) is 6.24. The summed E-state index contributed by atoms with van der Waals surface area (Å²) in [5, 5.41) is 17.9. The zero-order valence-electron chi connectivity index (χ0n) is 27.6. The first-order valence-corrected chi connectivity index (χ1v) is 15.0. The Hall–Kier alpha value is -5.67. The number of carbonyl (C=O) groups excluding carboxylic acids is 5. The van der Waals surface area contributed by atoms with Crippen LogP contribution in [0.25, 0.3) is 10.8 Å². The molecule has 1 heterocycles. The molecule has 0 aliphatic heterocycles. The molecule has 2 aromatic carbocycles. The minimum absolute atomic E-state index is 0.0167. The molecule has 258 valence electrons. The highest BCUT2D eigenvalue weighted by Crippen LogP contribution is 2.18. The molecule has 16 heteroatoms. The fourth-order valence-corrected chi connectivity index (χ4v) is 4.21. The van der Waals surface area contributed by atoms with E-state index in [9.17, 15) is 34.1 Å². The van der Waals surface area contributed by atoms with Crippen LogP contribution in [-0.2, 0) is 25.5 Å². The third-order valence-electron chi connectivity index (χ3n) is 6.24. The normalized spacial score (nSPS) is 12.0. The third kappa shape index (κ3) is 11.9. The molecule has 1 atom stereocenters. The molecule has 3 aromatic rings. The largest absolute Gasteiger partial charge is 0.444 e. The van der Waals surface area contributed by atoms with Crippen LogP contribution in [0.5, 0.6) is 0 Å². The predicted octanol–water partition coefficient (Wildman–Crippen LogP) is 3.59. The van der Waals surface area contributed by atoms with Crippen molar-refractivity contribution in [1.29, 1.82) is 0 Å². The maximum atomic E-state index is 13.3. The molecule has 0 aliphatic carbocycles. The van der Waals surface area contributed by atoms with E-state index in [1.807, 2.05) is 36.4 Å². The molecule has 1 aromatic heterocycles. The minimum atomic E-state index is -1.26. The Balaban J connectivity index is 1.76. The van der Waals surface area contributed by atoms with Crippen molar-refractivity contribution in [2.24, 2.45) is 0 Å². The second-order valence-electron chi connectivity index (χ2n) is 12.7. The van der Waals surface area contributed by atoms with Gasteiger partial charge in [-0.15, -0.1) is 0 Å². The van der Waals surface area contributed by atoms with Crippen LogP contribution in [0, 0.1) is 10.1 Å². The Labute approximate surface area is 276 Å². The zero-order chi connectivity index (χ0) is 35.6. The first-order valence-electron chi connectivity index (χ1n) is 15.0. The number of nitro groups is 1. The number of carbonyl (C=O) groups is 5. The Morgan fingerprint density at radius 1 is 0.896 bits per heavy atom. The van der Waals surface area contributed by atoms with Gasteiger partial charge in [0.15, 0.2) is 0 Å². The van der Waals surface area contributed by atoms with E-state index in [4.69, 9.17) is 13.9 Å². The highest BCUT2D eigenvalue weighted by atomic mass is 16.6. The fourth-order valence-electron chi connectivity index (χ4n) is 4.21. The van der Waals surface area contributed by atoms with Crippen LogP contribution in [0.4, 0.5) is 15.5 Å². The van der Waals surface area contributed by atoms with Crippen LogP contribution in [0.2, 0.25) is 0 Å². The molecular weight excluding hydrogens is 628 g/mol. The Kier molecular flexibility index (Phi) is 12.1. The Morgan fingerprint density at radius 2 is 1.56 bits per heavy atom. The summed E-state index contributed by atoms with van der Waals surface area (Å²) in [6.07, 6.45) is -1.56. The highest BCUT2D eigenvalue weighted by molar-refractivity contribution is 5.95. The van der Waals surface area contributed by atoms with E-state index in [1.165, 1.54) is 0 Å². The van der Waals surface area contributed by atoms with E-state index >= 15 is 0 Å². The number of hydrogen-bond acceptors (Lipinski definition) is 10. The van der Waals surface area contributed by atoms with Crippen molar-refractivity contribution in [3.05, 3.63) is 76.0 Å². The molecule has 0 saturated heterocycles. The lowest BCUT2D eigenvalue weighted by molar-refractivity contribution is -0.402. The van der Waals surface area contributed by atoms with Crippen LogP contribution < -0.4 is 21.5 Å². The Morgan fingerprint density at radius 3 is 2.19 bits per heavy atom. The van der Waals surface area contributed by atoms with Crippen LogP contribution >= 0.6 is 0 Å². The average molecular weight is 669 g/mol. The molecule has 0 bridgehead atoms. The van der Waals surface area contributed by atoms with Gasteiger partial charge in [-0.1, -0.05) is 42.5 Å². The summed E-state index contributed by atoms with van der Waals surface area (Å²) < 4.78 is 15.5. The summed E-state index contributed by atoms with van der Waals surface area (Å²) in [7, 11) is 0. The summed E-state index contributed by atoms with van der Waals surface area (Å²) in [4.78, 5) is 75.4. The lowest BCUT2D eigenvalue weighted by atomic mass is 10.0. The summed E-state index contributed by atoms with van der Waals surface area (Å²) in [5.74, 6) is -3.64. The molecule has 0 saturated carbocycles. The smallest absolute Gasteiger partial charge is 0.433 e. The number of rotatable bonds is 11. The van der Waals surface area contributed by atoms with Crippen molar-refractivity contribution >= 4 is 46.6 Å². The molecule has 5 amide bonds. The van der Waals surface area contributed by atoms with Gasteiger partial charge in [0.2, 0.25) is 11.7 Å². The van der Waals surface area contributed by atoms with Gasteiger partial charge < -0.3 is 24.5 Å². The highest BCUT2D eigenvalue weighted by Gasteiger charge is 2.28. The van der Waals surface area contributed by atoms with Crippen molar-refractivity contribution in [3.63, 3.8) is 0 Å². The van der Waals surface area contributed by atoms with Crippen LogP contribution in [0.15, 0.2) is 59.0 Å². The number of alkyl carbamates (subject to hydrolysis) is 1. The van der Waals surface area contributed by atoms with Crippen LogP contribution in [0.3, 0.4) is 0 Å². The van der Waals surface area contributed by atoms with Gasteiger partial charge in [-0.2, -0.15) is 0 Å². The summed E-state index contributed by atoms with van der Waals surface area (Å²) >= 11 is 0.